The van der Waals surface area contributed by atoms with Gasteiger partial charge in [-0.3, -0.25) is 24.4 Å². The summed E-state index contributed by atoms with van der Waals surface area (Å²) in [5, 5.41) is 8.20. The van der Waals surface area contributed by atoms with Crippen LogP contribution in [0, 0.1) is 46.3 Å². The number of allylic oxidation sites excluding steroid dienone is 1. The van der Waals surface area contributed by atoms with Crippen molar-refractivity contribution < 1.29 is 23.9 Å². The van der Waals surface area contributed by atoms with Gasteiger partial charge in [0.2, 0.25) is 17.7 Å². The summed E-state index contributed by atoms with van der Waals surface area (Å²) in [6, 6.07) is -1.94. The Hall–Kier alpha value is -4.04. The second-order valence-electron chi connectivity index (χ2n) is 19.1. The maximum absolute atomic E-state index is 13.2. The van der Waals surface area contributed by atoms with Crippen molar-refractivity contribution in [3.63, 3.8) is 0 Å². The Morgan fingerprint density at radius 3 is 2.12 bits per heavy atom. The molecule has 4 aliphatic carbocycles. The first kappa shape index (κ1) is 47.6. The number of hydrogen-bond acceptors (Lipinski definition) is 7. The Balaban J connectivity index is 1.22. The molecule has 4 rings (SSSR count). The second-order valence-corrected chi connectivity index (χ2v) is 19.1. The fourth-order valence-electron chi connectivity index (χ4n) is 11.5. The average molecular weight is 827 g/mol. The minimum Gasteiger partial charge on any atom is -0.446 e. The Morgan fingerprint density at radius 2 is 1.47 bits per heavy atom. The molecule has 0 saturated heterocycles. The minimum absolute atomic E-state index is 0.0603. The maximum atomic E-state index is 13.2. The average Bonchev–Trinajstić information content (AvgIpc) is 3.52. The normalized spacial score (nSPS) is 28.6. The number of amides is 4. The number of nitrogens with zero attached hydrogens (tertiary/aromatic N) is 2. The molecule has 4 aliphatic rings. The largest absolute Gasteiger partial charge is 0.446 e. The van der Waals surface area contributed by atoms with Crippen molar-refractivity contribution in [1.82, 2.24) is 16.0 Å². The van der Waals surface area contributed by atoms with E-state index in [4.69, 9.17) is 33.4 Å². The number of alkyl carbamates (subject to hydrolysis) is 1. The van der Waals surface area contributed by atoms with Gasteiger partial charge in [-0.1, -0.05) is 65.5 Å². The first-order valence-corrected chi connectivity index (χ1v) is 22.6. The molecule has 0 aromatic carbocycles. The SMILES string of the molecule is CC(C)CCC[C@@H](C)[C@H]1CC[C@H]2[C@@H]3CC=C4C[C@@H](OC(=O)NCCCC(=O)N[C@@H](CCCN=C(N)N)C(=O)N[C@@H](CCCN=C(N)N)C(N)=O)CC[C@]4(C)[C@H]3CC[C@]12C. The molecule has 0 aromatic heterocycles. The van der Waals surface area contributed by atoms with Crippen LogP contribution in [0.2, 0.25) is 0 Å². The molecule has 0 radical (unpaired) electrons. The van der Waals surface area contributed by atoms with E-state index in [0.717, 1.165) is 55.3 Å². The summed E-state index contributed by atoms with van der Waals surface area (Å²) < 4.78 is 5.94. The van der Waals surface area contributed by atoms with E-state index in [0.29, 0.717) is 30.6 Å². The van der Waals surface area contributed by atoms with E-state index in [9.17, 15) is 19.2 Å². The van der Waals surface area contributed by atoms with Crippen molar-refractivity contribution in [2.45, 2.75) is 162 Å². The topological polar surface area (TPSA) is 268 Å². The molecule has 3 fully saturated rings. The highest BCUT2D eigenvalue weighted by Crippen LogP contribution is 2.67. The minimum atomic E-state index is -0.977. The van der Waals surface area contributed by atoms with E-state index in [-0.39, 0.29) is 68.2 Å². The summed E-state index contributed by atoms with van der Waals surface area (Å²) in [5.41, 5.74) is 29.2. The molecule has 59 heavy (non-hydrogen) atoms. The number of nitrogens with two attached hydrogens (primary N) is 5. The Bertz CT molecular complexity index is 1530. The zero-order valence-corrected chi connectivity index (χ0v) is 36.7. The van der Waals surface area contributed by atoms with Gasteiger partial charge in [-0.2, -0.15) is 0 Å². The van der Waals surface area contributed by atoms with Crippen LogP contribution in [0.4, 0.5) is 4.79 Å². The lowest BCUT2D eigenvalue weighted by Crippen LogP contribution is -2.53. The van der Waals surface area contributed by atoms with Gasteiger partial charge in [-0.05, 0) is 123 Å². The lowest BCUT2D eigenvalue weighted by Gasteiger charge is -2.58. The molecule has 0 bridgehead atoms. The smallest absolute Gasteiger partial charge is 0.407 e. The van der Waals surface area contributed by atoms with Crippen LogP contribution in [0.15, 0.2) is 21.6 Å². The van der Waals surface area contributed by atoms with E-state index in [1.165, 1.54) is 50.5 Å². The van der Waals surface area contributed by atoms with Gasteiger partial charge in [-0.15, -0.1) is 0 Å². The molecule has 0 spiro atoms. The lowest BCUT2D eigenvalue weighted by molar-refractivity contribution is -0.131. The predicted molar refractivity (Wildman–Crippen MR) is 233 cm³/mol. The fourth-order valence-corrected chi connectivity index (χ4v) is 11.5. The molecule has 0 unspecified atom stereocenters. The van der Waals surface area contributed by atoms with Gasteiger partial charge in [0.05, 0.1) is 0 Å². The maximum Gasteiger partial charge on any atom is 0.407 e. The Labute approximate surface area is 353 Å². The molecule has 3 saturated carbocycles. The zero-order chi connectivity index (χ0) is 43.3. The van der Waals surface area contributed by atoms with Gasteiger partial charge < -0.3 is 49.4 Å². The second kappa shape index (κ2) is 22.0. The number of nitrogens with one attached hydrogen (secondary N) is 3. The number of guanidine groups is 2. The fraction of sp³-hybridized carbons (Fsp3) is 0.818. The highest BCUT2D eigenvalue weighted by atomic mass is 16.6. The summed E-state index contributed by atoms with van der Waals surface area (Å²) in [7, 11) is 0. The third-order valence-electron chi connectivity index (χ3n) is 14.6. The van der Waals surface area contributed by atoms with E-state index in [1.54, 1.807) is 0 Å². The molecule has 0 aliphatic heterocycles. The third-order valence-corrected chi connectivity index (χ3v) is 14.6. The number of carbonyl (C=O) groups is 4. The summed E-state index contributed by atoms with van der Waals surface area (Å²) in [5.74, 6) is 2.87. The van der Waals surface area contributed by atoms with Crippen LogP contribution in [0.3, 0.4) is 0 Å². The predicted octanol–water partition coefficient (Wildman–Crippen LogP) is 4.46. The summed E-state index contributed by atoms with van der Waals surface area (Å²) in [6.45, 7) is 13.1. The highest BCUT2D eigenvalue weighted by molar-refractivity contribution is 5.91. The van der Waals surface area contributed by atoms with Crippen molar-refractivity contribution in [2.24, 2.45) is 85.0 Å². The van der Waals surface area contributed by atoms with Crippen LogP contribution < -0.4 is 44.6 Å². The lowest BCUT2D eigenvalue weighted by atomic mass is 9.47. The van der Waals surface area contributed by atoms with Gasteiger partial charge >= 0.3 is 6.09 Å². The number of fused-ring (bicyclic) bond motifs is 5. The highest BCUT2D eigenvalue weighted by Gasteiger charge is 2.59. The quantitative estimate of drug-likeness (QED) is 0.0331. The van der Waals surface area contributed by atoms with Gasteiger partial charge in [-0.25, -0.2) is 4.79 Å². The van der Waals surface area contributed by atoms with Crippen molar-refractivity contribution in [2.75, 3.05) is 19.6 Å². The molecule has 13 N–H and O–H groups in total. The number of aliphatic imine (C=N–C) groups is 2. The van der Waals surface area contributed by atoms with Crippen molar-refractivity contribution >= 4 is 35.7 Å². The zero-order valence-electron chi connectivity index (χ0n) is 36.7. The molecule has 15 nitrogen and oxygen atoms in total. The van der Waals surface area contributed by atoms with E-state index in [2.05, 4.69) is 66.6 Å². The summed E-state index contributed by atoms with van der Waals surface area (Å²) in [6.07, 6.45) is 16.8. The number of rotatable bonds is 22. The molecule has 0 aromatic rings. The Morgan fingerprint density at radius 1 is 0.797 bits per heavy atom. The van der Waals surface area contributed by atoms with Crippen LogP contribution in [-0.4, -0.2) is 73.6 Å². The number of ether oxygens (including phenoxy) is 1. The number of hydrogen-bond donors (Lipinski definition) is 8. The molecule has 10 atom stereocenters. The van der Waals surface area contributed by atoms with E-state index >= 15 is 0 Å². The monoisotopic (exact) mass is 827 g/mol. The van der Waals surface area contributed by atoms with Crippen molar-refractivity contribution in [3.8, 4) is 0 Å². The van der Waals surface area contributed by atoms with Crippen LogP contribution in [0.1, 0.15) is 144 Å². The van der Waals surface area contributed by atoms with E-state index in [1.807, 2.05) is 0 Å². The number of carbonyl (C=O) groups excluding carboxylic acids is 4. The summed E-state index contributed by atoms with van der Waals surface area (Å²) in [4.78, 5) is 59.0. The van der Waals surface area contributed by atoms with Gasteiger partial charge in [0.25, 0.3) is 0 Å². The van der Waals surface area contributed by atoms with Gasteiger partial charge in [0.1, 0.15) is 18.2 Å². The molecule has 4 amide bonds. The van der Waals surface area contributed by atoms with Crippen LogP contribution in [0.5, 0.6) is 0 Å². The van der Waals surface area contributed by atoms with Crippen LogP contribution in [0.25, 0.3) is 0 Å². The van der Waals surface area contributed by atoms with Crippen molar-refractivity contribution in [1.29, 1.82) is 0 Å². The third kappa shape index (κ3) is 13.2. The van der Waals surface area contributed by atoms with E-state index < -0.39 is 30.0 Å². The molecule has 334 valence electrons. The summed E-state index contributed by atoms with van der Waals surface area (Å²) >= 11 is 0. The standard InChI is InChI=1S/C44H78N10O5/c1-27(2)10-6-11-28(3)32-17-18-33-31-16-15-29-26-30(19-21-43(29,4)34(31)20-22-44(32,33)5)59-42(58)52-25-9-14-37(55)53-36(13-8-24-51-41(48)49)39(57)54-35(38(45)56)12-7-23-50-40(46)47/h15,27-28,30-36H,6-14,16-26H2,1-5H3,(H2,45,56)(H,52,58)(H,53,55)(H,54,57)(H4,46,47,50)(H4,48,49,51)/t28-,30+,31+,32-,33+,34+,35+,36+,43+,44-/m1/s1. The molecular weight excluding hydrogens is 749 g/mol. The first-order valence-electron chi connectivity index (χ1n) is 22.6. The van der Waals surface area contributed by atoms with Gasteiger partial charge in [0.15, 0.2) is 11.9 Å². The Kier molecular flexibility index (Phi) is 17.8. The molecule has 15 heteroatoms. The van der Waals surface area contributed by atoms with Crippen LogP contribution in [-0.2, 0) is 19.1 Å². The van der Waals surface area contributed by atoms with Crippen molar-refractivity contribution in [3.05, 3.63) is 11.6 Å². The molecule has 0 heterocycles. The number of primary amides is 1. The van der Waals surface area contributed by atoms with Crippen LogP contribution >= 0.6 is 0 Å². The van der Waals surface area contributed by atoms with Gasteiger partial charge in [0, 0.05) is 32.5 Å². The molecular formula is C44H78N10O5. The first-order chi connectivity index (χ1) is 27.9.